The zero-order valence-electron chi connectivity index (χ0n) is 12.0. The van der Waals surface area contributed by atoms with Crippen LogP contribution in [0.25, 0.3) is 0 Å². The van der Waals surface area contributed by atoms with Crippen LogP contribution in [0.1, 0.15) is 31.4 Å². The molecule has 0 aromatic heterocycles. The molecule has 1 fully saturated rings. The molecule has 2 unspecified atom stereocenters. The van der Waals surface area contributed by atoms with E-state index in [0.29, 0.717) is 12.8 Å². The number of hydrogen-bond donors (Lipinski definition) is 2. The highest BCUT2D eigenvalue weighted by Crippen LogP contribution is 2.22. The van der Waals surface area contributed by atoms with Crippen LogP contribution in [0.5, 0.6) is 5.75 Å². The first-order valence-electron chi connectivity index (χ1n) is 6.84. The Hall–Kier alpha value is -2.08. The van der Waals surface area contributed by atoms with Crippen LogP contribution in [0.4, 0.5) is 0 Å². The summed E-state index contributed by atoms with van der Waals surface area (Å²) >= 11 is 0. The van der Waals surface area contributed by atoms with Gasteiger partial charge in [0.2, 0.25) is 5.91 Å². The van der Waals surface area contributed by atoms with E-state index in [1.54, 1.807) is 7.11 Å². The van der Waals surface area contributed by atoms with Crippen LogP contribution in [0.2, 0.25) is 0 Å². The molecule has 0 aliphatic carbocycles. The van der Waals surface area contributed by atoms with Crippen molar-refractivity contribution in [1.82, 2.24) is 5.32 Å². The van der Waals surface area contributed by atoms with Gasteiger partial charge in [-0.05, 0) is 37.5 Å². The van der Waals surface area contributed by atoms with E-state index in [2.05, 4.69) is 5.32 Å². The van der Waals surface area contributed by atoms with Gasteiger partial charge < -0.3 is 19.9 Å². The Labute approximate surface area is 123 Å². The molecule has 114 valence electrons. The van der Waals surface area contributed by atoms with Gasteiger partial charge in [-0.1, -0.05) is 12.1 Å². The number of carboxylic acid groups (broad SMARTS) is 1. The zero-order chi connectivity index (χ0) is 15.4. The van der Waals surface area contributed by atoms with Crippen LogP contribution < -0.4 is 10.1 Å². The van der Waals surface area contributed by atoms with Gasteiger partial charge in [0, 0.05) is 0 Å². The van der Waals surface area contributed by atoms with Crippen molar-refractivity contribution in [3.8, 4) is 5.75 Å². The third-order valence-electron chi connectivity index (χ3n) is 3.54. The van der Waals surface area contributed by atoms with Gasteiger partial charge in [0.15, 0.2) is 6.10 Å². The molecule has 0 spiro atoms. The number of carbonyl (C=O) groups excluding carboxylic acids is 1. The molecule has 0 bridgehead atoms. The molecular formula is C15H19NO5. The lowest BCUT2D eigenvalue weighted by Crippen LogP contribution is -2.37. The van der Waals surface area contributed by atoms with Crippen molar-refractivity contribution in [3.63, 3.8) is 0 Å². The minimum absolute atomic E-state index is 0.208. The standard InChI is InChI=1S/C15H19NO5/c1-9(10-4-3-5-11(8-10)20-2)16-14(17)12-6-7-13(21-12)15(18)19/h3-5,8-9,12-13H,6-7H2,1-2H3,(H,16,17)(H,18,19)/t9-,12?,13?/m1/s1. The van der Waals surface area contributed by atoms with Gasteiger partial charge in [-0.15, -0.1) is 0 Å². The minimum atomic E-state index is -1.02. The third kappa shape index (κ3) is 3.72. The first-order chi connectivity index (χ1) is 10.0. The first kappa shape index (κ1) is 15.3. The number of amides is 1. The van der Waals surface area contributed by atoms with E-state index < -0.39 is 18.2 Å². The van der Waals surface area contributed by atoms with Crippen molar-refractivity contribution in [3.05, 3.63) is 29.8 Å². The highest BCUT2D eigenvalue weighted by atomic mass is 16.5. The first-order valence-corrected chi connectivity index (χ1v) is 6.84. The van der Waals surface area contributed by atoms with Crippen LogP contribution in [-0.4, -0.2) is 36.3 Å². The topological polar surface area (TPSA) is 84.9 Å². The lowest BCUT2D eigenvalue weighted by molar-refractivity contribution is -0.151. The summed E-state index contributed by atoms with van der Waals surface area (Å²) < 4.78 is 10.4. The Bertz CT molecular complexity index is 531. The highest BCUT2D eigenvalue weighted by molar-refractivity contribution is 5.83. The fraction of sp³-hybridized carbons (Fsp3) is 0.467. The molecule has 21 heavy (non-hydrogen) atoms. The molecule has 3 atom stereocenters. The SMILES string of the molecule is COc1cccc([C@@H](C)NC(=O)C2CCC(C(=O)O)O2)c1. The second kappa shape index (κ2) is 6.58. The van der Waals surface area contributed by atoms with E-state index in [4.69, 9.17) is 14.6 Å². The number of carbonyl (C=O) groups is 2. The second-order valence-electron chi connectivity index (χ2n) is 5.04. The average molecular weight is 293 g/mol. The third-order valence-corrected chi connectivity index (χ3v) is 3.54. The van der Waals surface area contributed by atoms with Crippen LogP contribution in [0, 0.1) is 0 Å². The maximum Gasteiger partial charge on any atom is 0.332 e. The van der Waals surface area contributed by atoms with Crippen LogP contribution in [0.15, 0.2) is 24.3 Å². The summed E-state index contributed by atoms with van der Waals surface area (Å²) in [6.07, 6.45) is -0.791. The molecule has 1 heterocycles. The molecule has 1 aromatic rings. The summed E-state index contributed by atoms with van der Waals surface area (Å²) in [5.41, 5.74) is 0.912. The Balaban J connectivity index is 1.94. The molecule has 1 aliphatic heterocycles. The lowest BCUT2D eigenvalue weighted by atomic mass is 10.1. The minimum Gasteiger partial charge on any atom is -0.497 e. The smallest absolute Gasteiger partial charge is 0.332 e. The molecule has 0 saturated carbocycles. The van der Waals surface area contributed by atoms with E-state index in [1.807, 2.05) is 31.2 Å². The Kier molecular flexibility index (Phi) is 4.80. The number of methoxy groups -OCH3 is 1. The normalized spacial score (nSPS) is 22.6. The number of rotatable bonds is 5. The Morgan fingerprint density at radius 3 is 2.71 bits per heavy atom. The molecule has 6 nitrogen and oxygen atoms in total. The fourth-order valence-corrected chi connectivity index (χ4v) is 2.31. The molecule has 6 heteroatoms. The maximum atomic E-state index is 12.1. The van der Waals surface area contributed by atoms with E-state index in [-0.39, 0.29) is 11.9 Å². The van der Waals surface area contributed by atoms with Gasteiger partial charge in [0.1, 0.15) is 11.9 Å². The summed E-state index contributed by atoms with van der Waals surface area (Å²) in [5.74, 6) is -0.586. The summed E-state index contributed by atoms with van der Waals surface area (Å²) in [5, 5.41) is 11.7. The van der Waals surface area contributed by atoms with Crippen molar-refractivity contribution in [2.75, 3.05) is 7.11 Å². The maximum absolute atomic E-state index is 12.1. The molecule has 2 N–H and O–H groups in total. The highest BCUT2D eigenvalue weighted by Gasteiger charge is 2.35. The summed E-state index contributed by atoms with van der Waals surface area (Å²) in [6, 6.07) is 7.21. The largest absolute Gasteiger partial charge is 0.497 e. The van der Waals surface area contributed by atoms with Crippen molar-refractivity contribution in [1.29, 1.82) is 0 Å². The average Bonchev–Trinajstić information content (AvgIpc) is 2.97. The number of nitrogens with one attached hydrogen (secondary N) is 1. The molecule has 2 rings (SSSR count). The number of hydrogen-bond acceptors (Lipinski definition) is 4. The second-order valence-corrected chi connectivity index (χ2v) is 5.04. The molecule has 1 saturated heterocycles. The summed E-state index contributed by atoms with van der Waals surface area (Å²) in [4.78, 5) is 22.9. The molecular weight excluding hydrogens is 274 g/mol. The fourth-order valence-electron chi connectivity index (χ4n) is 2.31. The van der Waals surface area contributed by atoms with Gasteiger partial charge in [-0.25, -0.2) is 4.79 Å². The summed E-state index contributed by atoms with van der Waals surface area (Å²) in [6.45, 7) is 1.86. The van der Waals surface area contributed by atoms with E-state index in [1.165, 1.54) is 0 Å². The molecule has 1 aromatic carbocycles. The van der Waals surface area contributed by atoms with Crippen molar-refractivity contribution in [2.24, 2.45) is 0 Å². The molecule has 1 aliphatic rings. The van der Waals surface area contributed by atoms with E-state index in [9.17, 15) is 9.59 Å². The number of ether oxygens (including phenoxy) is 2. The number of aliphatic carboxylic acids is 1. The van der Waals surface area contributed by atoms with Gasteiger partial charge in [0.25, 0.3) is 0 Å². The van der Waals surface area contributed by atoms with Gasteiger partial charge >= 0.3 is 5.97 Å². The van der Waals surface area contributed by atoms with Crippen LogP contribution >= 0.6 is 0 Å². The van der Waals surface area contributed by atoms with Gasteiger partial charge in [0.05, 0.1) is 13.2 Å². The van der Waals surface area contributed by atoms with E-state index >= 15 is 0 Å². The predicted octanol–water partition coefficient (Wildman–Crippen LogP) is 1.50. The molecule has 0 radical (unpaired) electrons. The van der Waals surface area contributed by atoms with Crippen LogP contribution in [-0.2, 0) is 14.3 Å². The van der Waals surface area contributed by atoms with E-state index in [0.717, 1.165) is 11.3 Å². The number of carboxylic acids is 1. The summed E-state index contributed by atoms with van der Waals surface area (Å²) in [7, 11) is 1.58. The molecule has 1 amide bonds. The predicted molar refractivity (Wildman–Crippen MR) is 75.1 cm³/mol. The number of benzene rings is 1. The van der Waals surface area contributed by atoms with Crippen molar-refractivity contribution >= 4 is 11.9 Å². The Morgan fingerprint density at radius 1 is 1.38 bits per heavy atom. The van der Waals surface area contributed by atoms with Crippen LogP contribution in [0.3, 0.4) is 0 Å². The quantitative estimate of drug-likeness (QED) is 0.859. The van der Waals surface area contributed by atoms with Crippen molar-refractivity contribution < 1.29 is 24.2 Å². The van der Waals surface area contributed by atoms with Gasteiger partial charge in [-0.3, -0.25) is 4.79 Å². The van der Waals surface area contributed by atoms with Gasteiger partial charge in [-0.2, -0.15) is 0 Å². The monoisotopic (exact) mass is 293 g/mol. The Morgan fingerprint density at radius 2 is 2.10 bits per heavy atom. The zero-order valence-corrected chi connectivity index (χ0v) is 12.0. The van der Waals surface area contributed by atoms with Crippen molar-refractivity contribution in [2.45, 2.75) is 38.0 Å². The lowest BCUT2D eigenvalue weighted by Gasteiger charge is -2.18.